The maximum atomic E-state index is 12.6. The third-order valence-electron chi connectivity index (χ3n) is 2.81. The van der Waals surface area contributed by atoms with E-state index >= 15 is 0 Å². The topological polar surface area (TPSA) is 79.0 Å². The van der Waals surface area contributed by atoms with Crippen LogP contribution in [0.15, 0.2) is 42.5 Å². The zero-order chi connectivity index (χ0) is 16.3. The highest BCUT2D eigenvalue weighted by Gasteiger charge is 2.33. The molecule has 0 aliphatic heterocycles. The van der Waals surface area contributed by atoms with Crippen molar-refractivity contribution in [3.8, 4) is 6.07 Å². The van der Waals surface area contributed by atoms with Crippen LogP contribution < -0.4 is 5.32 Å². The number of nitrogens with zero attached hydrogens (tertiary/aromatic N) is 2. The van der Waals surface area contributed by atoms with Crippen LogP contribution in [0.2, 0.25) is 0 Å². The molecule has 2 rings (SSSR count). The van der Waals surface area contributed by atoms with Gasteiger partial charge in [-0.3, -0.25) is 10.1 Å². The molecule has 1 N–H and O–H groups in total. The molecule has 0 amide bonds. The maximum absolute atomic E-state index is 12.6. The van der Waals surface area contributed by atoms with E-state index in [1.165, 1.54) is 24.3 Å². The molecule has 8 heteroatoms. The van der Waals surface area contributed by atoms with Crippen molar-refractivity contribution in [2.75, 3.05) is 5.32 Å². The number of nitriles is 1. The monoisotopic (exact) mass is 307 g/mol. The molecule has 22 heavy (non-hydrogen) atoms. The second kappa shape index (κ2) is 5.73. The lowest BCUT2D eigenvalue weighted by Gasteiger charge is -2.10. The Balaban J connectivity index is 2.38. The summed E-state index contributed by atoms with van der Waals surface area (Å²) in [6.45, 7) is 0. The number of hydrogen-bond acceptors (Lipinski definition) is 4. The van der Waals surface area contributed by atoms with Gasteiger partial charge >= 0.3 is 6.18 Å². The summed E-state index contributed by atoms with van der Waals surface area (Å²) in [7, 11) is 0. The normalized spacial score (nSPS) is 10.8. The molecule has 0 saturated heterocycles. The fraction of sp³-hybridized carbons (Fsp3) is 0.0714. The van der Waals surface area contributed by atoms with Gasteiger partial charge in [-0.1, -0.05) is 0 Å². The molecule has 0 atom stereocenters. The number of rotatable bonds is 3. The summed E-state index contributed by atoms with van der Waals surface area (Å²) < 4.78 is 37.8. The van der Waals surface area contributed by atoms with Crippen molar-refractivity contribution in [3.05, 3.63) is 63.7 Å². The Morgan fingerprint density at radius 1 is 1.14 bits per heavy atom. The lowest BCUT2D eigenvalue weighted by atomic mass is 10.1. The molecule has 0 unspecified atom stereocenters. The Kier molecular flexibility index (Phi) is 3.99. The fourth-order valence-electron chi connectivity index (χ4n) is 1.75. The summed E-state index contributed by atoms with van der Waals surface area (Å²) in [6, 6.07) is 10.1. The Labute approximate surface area is 122 Å². The summed E-state index contributed by atoms with van der Waals surface area (Å²) >= 11 is 0. The molecule has 0 aliphatic rings. The van der Waals surface area contributed by atoms with Crippen molar-refractivity contribution in [1.29, 1.82) is 5.26 Å². The first-order chi connectivity index (χ1) is 10.3. The minimum atomic E-state index is -4.66. The lowest BCUT2D eigenvalue weighted by molar-refractivity contribution is -0.384. The molecule has 0 spiro atoms. The number of benzene rings is 2. The van der Waals surface area contributed by atoms with Crippen LogP contribution >= 0.6 is 0 Å². The molecule has 0 saturated carbocycles. The van der Waals surface area contributed by atoms with E-state index in [9.17, 15) is 23.3 Å². The van der Waals surface area contributed by atoms with E-state index in [0.29, 0.717) is 17.3 Å². The zero-order valence-corrected chi connectivity index (χ0v) is 10.9. The van der Waals surface area contributed by atoms with Gasteiger partial charge in [0, 0.05) is 11.8 Å². The van der Waals surface area contributed by atoms with Gasteiger partial charge < -0.3 is 5.32 Å². The SMILES string of the molecule is N#Cc1ccc(Nc2ccc(C(F)(F)F)cc2[N+](=O)[O-])cc1. The number of nitrogens with one attached hydrogen (secondary N) is 1. The zero-order valence-electron chi connectivity index (χ0n) is 10.9. The smallest absolute Gasteiger partial charge is 0.350 e. The molecule has 112 valence electrons. The molecule has 5 nitrogen and oxygen atoms in total. The van der Waals surface area contributed by atoms with Crippen molar-refractivity contribution >= 4 is 17.1 Å². The van der Waals surface area contributed by atoms with E-state index in [-0.39, 0.29) is 5.69 Å². The lowest BCUT2D eigenvalue weighted by Crippen LogP contribution is -2.06. The standard InChI is InChI=1S/C14H8F3N3O2/c15-14(16,17)10-3-6-12(13(7-10)20(21)22)19-11-4-1-9(8-18)2-5-11/h1-7,19H. The highest BCUT2D eigenvalue weighted by atomic mass is 19.4. The van der Waals surface area contributed by atoms with Gasteiger partial charge in [-0.25, -0.2) is 0 Å². The highest BCUT2D eigenvalue weighted by molar-refractivity contribution is 5.70. The highest BCUT2D eigenvalue weighted by Crippen LogP contribution is 2.35. The predicted molar refractivity (Wildman–Crippen MR) is 72.5 cm³/mol. The first kappa shape index (κ1) is 15.3. The second-order valence-electron chi connectivity index (χ2n) is 4.30. The number of halogens is 3. The van der Waals surface area contributed by atoms with E-state index in [1.807, 2.05) is 6.07 Å². The number of nitro benzene ring substituents is 1. The van der Waals surface area contributed by atoms with Gasteiger partial charge in [0.2, 0.25) is 0 Å². The summed E-state index contributed by atoms with van der Waals surface area (Å²) in [5, 5.41) is 22.3. The first-order valence-corrected chi connectivity index (χ1v) is 5.94. The minimum absolute atomic E-state index is 0.0669. The van der Waals surface area contributed by atoms with E-state index in [4.69, 9.17) is 5.26 Å². The van der Waals surface area contributed by atoms with Gasteiger partial charge in [0.15, 0.2) is 0 Å². The van der Waals surface area contributed by atoms with Crippen molar-refractivity contribution in [2.45, 2.75) is 6.18 Å². The van der Waals surface area contributed by atoms with E-state index < -0.39 is 22.4 Å². The Morgan fingerprint density at radius 3 is 2.27 bits per heavy atom. The number of hydrogen-bond donors (Lipinski definition) is 1. The summed E-state index contributed by atoms with van der Waals surface area (Å²) in [4.78, 5) is 10.1. The van der Waals surface area contributed by atoms with Crippen molar-refractivity contribution in [2.24, 2.45) is 0 Å². The van der Waals surface area contributed by atoms with Gasteiger partial charge in [-0.05, 0) is 36.4 Å². The van der Waals surface area contributed by atoms with Crippen molar-refractivity contribution in [3.63, 3.8) is 0 Å². The van der Waals surface area contributed by atoms with Crippen LogP contribution in [0.4, 0.5) is 30.2 Å². The van der Waals surface area contributed by atoms with Crippen LogP contribution in [-0.4, -0.2) is 4.92 Å². The van der Waals surface area contributed by atoms with Gasteiger partial charge in [0.1, 0.15) is 5.69 Å². The van der Waals surface area contributed by atoms with Gasteiger partial charge in [0.05, 0.1) is 22.1 Å². The molecule has 0 aliphatic carbocycles. The predicted octanol–water partition coefficient (Wildman–Crippen LogP) is 4.23. The number of anilines is 2. The Hall–Kier alpha value is -3.08. The average molecular weight is 307 g/mol. The molecule has 0 bridgehead atoms. The molecule has 0 heterocycles. The molecule has 0 aromatic heterocycles. The molecule has 0 radical (unpaired) electrons. The summed E-state index contributed by atoms with van der Waals surface area (Å²) in [6.07, 6.45) is -4.66. The largest absolute Gasteiger partial charge is 0.416 e. The number of nitro groups is 1. The third kappa shape index (κ3) is 3.32. The van der Waals surface area contributed by atoms with Crippen LogP contribution in [0, 0.1) is 21.4 Å². The minimum Gasteiger partial charge on any atom is -0.350 e. The van der Waals surface area contributed by atoms with Crippen LogP contribution in [0.3, 0.4) is 0 Å². The van der Waals surface area contributed by atoms with Crippen molar-refractivity contribution < 1.29 is 18.1 Å². The Morgan fingerprint density at radius 2 is 1.77 bits per heavy atom. The molecular formula is C14H8F3N3O2. The van der Waals surface area contributed by atoms with Crippen LogP contribution in [-0.2, 0) is 6.18 Å². The van der Waals surface area contributed by atoms with Gasteiger partial charge in [-0.15, -0.1) is 0 Å². The maximum Gasteiger partial charge on any atom is 0.416 e. The van der Waals surface area contributed by atoms with Crippen molar-refractivity contribution in [1.82, 2.24) is 0 Å². The van der Waals surface area contributed by atoms with Gasteiger partial charge in [0.25, 0.3) is 5.69 Å². The van der Waals surface area contributed by atoms with Crippen LogP contribution in [0.25, 0.3) is 0 Å². The third-order valence-corrected chi connectivity index (χ3v) is 2.81. The van der Waals surface area contributed by atoms with E-state index in [1.54, 1.807) is 0 Å². The molecule has 2 aromatic rings. The molecule has 0 fully saturated rings. The quantitative estimate of drug-likeness (QED) is 0.680. The Bertz CT molecular complexity index is 749. The second-order valence-corrected chi connectivity index (χ2v) is 4.30. The molecular weight excluding hydrogens is 299 g/mol. The van der Waals surface area contributed by atoms with Crippen LogP contribution in [0.1, 0.15) is 11.1 Å². The number of alkyl halides is 3. The first-order valence-electron chi connectivity index (χ1n) is 5.94. The fourth-order valence-corrected chi connectivity index (χ4v) is 1.75. The van der Waals surface area contributed by atoms with E-state index in [2.05, 4.69) is 5.32 Å². The average Bonchev–Trinajstić information content (AvgIpc) is 2.47. The van der Waals surface area contributed by atoms with Gasteiger partial charge in [-0.2, -0.15) is 18.4 Å². The molecule has 2 aromatic carbocycles. The van der Waals surface area contributed by atoms with Crippen LogP contribution in [0.5, 0.6) is 0 Å². The summed E-state index contributed by atoms with van der Waals surface area (Å²) in [5.74, 6) is 0. The summed E-state index contributed by atoms with van der Waals surface area (Å²) in [5.41, 5.74) is -1.03. The van der Waals surface area contributed by atoms with E-state index in [0.717, 1.165) is 12.1 Å².